The molecule has 1 nitrogen and oxygen atoms in total. The van der Waals surface area contributed by atoms with Crippen LogP contribution in [0.3, 0.4) is 0 Å². The molecule has 86 valence electrons. The van der Waals surface area contributed by atoms with Gasteiger partial charge in [-0.2, -0.15) is 0 Å². The average Bonchev–Trinajstić information content (AvgIpc) is 2.70. The highest BCUT2D eigenvalue weighted by molar-refractivity contribution is 7.17. The summed E-state index contributed by atoms with van der Waals surface area (Å²) in [5.41, 5.74) is 2.89. The molecule has 2 aromatic rings. The molecule has 1 N–H and O–H groups in total. The van der Waals surface area contributed by atoms with Gasteiger partial charge in [0, 0.05) is 4.70 Å². The lowest BCUT2D eigenvalue weighted by Gasteiger charge is -2.02. The van der Waals surface area contributed by atoms with Crippen LogP contribution < -0.4 is 5.32 Å². The van der Waals surface area contributed by atoms with Gasteiger partial charge in [-0.1, -0.05) is 25.1 Å². The molecule has 1 aromatic heterocycles. The maximum absolute atomic E-state index is 3.46. The highest BCUT2D eigenvalue weighted by atomic mass is 32.1. The predicted octanol–water partition coefficient (Wildman–Crippen LogP) is 3.75. The fourth-order valence-corrected chi connectivity index (χ4v) is 3.06. The van der Waals surface area contributed by atoms with Gasteiger partial charge in [0.05, 0.1) is 0 Å². The zero-order chi connectivity index (χ0) is 11.4. The molecule has 0 spiro atoms. The van der Waals surface area contributed by atoms with Crippen LogP contribution >= 0.6 is 11.3 Å². The largest absolute Gasteiger partial charge is 0.316 e. The van der Waals surface area contributed by atoms with Crippen LogP contribution in [-0.2, 0) is 6.42 Å². The van der Waals surface area contributed by atoms with Crippen LogP contribution in [0.15, 0.2) is 23.6 Å². The minimum Gasteiger partial charge on any atom is -0.316 e. The minimum atomic E-state index is 1.09. The molecule has 16 heavy (non-hydrogen) atoms. The van der Waals surface area contributed by atoms with Gasteiger partial charge in [-0.25, -0.2) is 0 Å². The second kappa shape index (κ2) is 5.46. The van der Waals surface area contributed by atoms with Gasteiger partial charge in [0.2, 0.25) is 0 Å². The van der Waals surface area contributed by atoms with E-state index in [9.17, 15) is 0 Å². The van der Waals surface area contributed by atoms with E-state index in [4.69, 9.17) is 0 Å². The summed E-state index contributed by atoms with van der Waals surface area (Å²) in [6, 6.07) is 6.60. The van der Waals surface area contributed by atoms with Crippen LogP contribution in [0.4, 0.5) is 0 Å². The molecule has 0 unspecified atom stereocenters. The number of aryl methyl sites for hydroxylation is 1. The third kappa shape index (κ3) is 2.45. The second-order valence-corrected chi connectivity index (χ2v) is 5.09. The lowest BCUT2D eigenvalue weighted by Crippen LogP contribution is -2.17. The molecular formula is C14H19NS. The van der Waals surface area contributed by atoms with E-state index in [1.165, 1.54) is 27.6 Å². The standard InChI is InChI=1S/C14H19NS/c1-3-8-15-9-7-12-10-16-14-11(2)5-4-6-13(12)14/h4-6,10,15H,3,7-9H2,1-2H3. The highest BCUT2D eigenvalue weighted by Crippen LogP contribution is 2.28. The molecule has 0 bridgehead atoms. The van der Waals surface area contributed by atoms with Gasteiger partial charge >= 0.3 is 0 Å². The van der Waals surface area contributed by atoms with Crippen molar-refractivity contribution in [3.8, 4) is 0 Å². The number of hydrogen-bond donors (Lipinski definition) is 1. The molecule has 1 aromatic carbocycles. The monoisotopic (exact) mass is 233 g/mol. The van der Waals surface area contributed by atoms with Crippen molar-refractivity contribution in [2.24, 2.45) is 0 Å². The fourth-order valence-electron chi connectivity index (χ4n) is 1.97. The number of rotatable bonds is 5. The summed E-state index contributed by atoms with van der Waals surface area (Å²) in [7, 11) is 0. The molecule has 1 heterocycles. The average molecular weight is 233 g/mol. The van der Waals surface area contributed by atoms with Crippen molar-refractivity contribution in [1.82, 2.24) is 5.32 Å². The predicted molar refractivity (Wildman–Crippen MR) is 73.4 cm³/mol. The molecule has 0 aliphatic heterocycles. The molecule has 0 atom stereocenters. The molecule has 0 saturated carbocycles. The maximum Gasteiger partial charge on any atom is 0.0374 e. The van der Waals surface area contributed by atoms with Crippen LogP contribution in [0.5, 0.6) is 0 Å². The first-order valence-electron chi connectivity index (χ1n) is 5.99. The molecule has 2 heteroatoms. The van der Waals surface area contributed by atoms with Crippen molar-refractivity contribution in [3.05, 3.63) is 34.7 Å². The summed E-state index contributed by atoms with van der Waals surface area (Å²) in [4.78, 5) is 0. The van der Waals surface area contributed by atoms with Gasteiger partial charge in [0.15, 0.2) is 0 Å². The molecule has 0 fully saturated rings. The van der Waals surface area contributed by atoms with Crippen molar-refractivity contribution < 1.29 is 0 Å². The van der Waals surface area contributed by atoms with Gasteiger partial charge in [-0.05, 0) is 54.7 Å². The van der Waals surface area contributed by atoms with Gasteiger partial charge < -0.3 is 5.32 Å². The number of thiophene rings is 1. The summed E-state index contributed by atoms with van der Waals surface area (Å²) in [5, 5.41) is 7.22. The Morgan fingerprint density at radius 3 is 2.94 bits per heavy atom. The zero-order valence-corrected chi connectivity index (χ0v) is 10.9. The van der Waals surface area contributed by atoms with Gasteiger partial charge in [-0.15, -0.1) is 11.3 Å². The van der Waals surface area contributed by atoms with Gasteiger partial charge in [-0.3, -0.25) is 0 Å². The number of hydrogen-bond acceptors (Lipinski definition) is 2. The van der Waals surface area contributed by atoms with Gasteiger partial charge in [0.1, 0.15) is 0 Å². The molecule has 0 aliphatic rings. The summed E-state index contributed by atoms with van der Waals surface area (Å²) < 4.78 is 1.45. The number of fused-ring (bicyclic) bond motifs is 1. The lowest BCUT2D eigenvalue weighted by atomic mass is 10.1. The third-order valence-electron chi connectivity index (χ3n) is 2.87. The van der Waals surface area contributed by atoms with Crippen molar-refractivity contribution in [2.45, 2.75) is 26.7 Å². The van der Waals surface area contributed by atoms with Crippen LogP contribution in [0.2, 0.25) is 0 Å². The van der Waals surface area contributed by atoms with E-state index in [-0.39, 0.29) is 0 Å². The summed E-state index contributed by atoms with van der Waals surface area (Å²) in [5.74, 6) is 0. The van der Waals surface area contributed by atoms with Crippen molar-refractivity contribution >= 4 is 21.4 Å². The third-order valence-corrected chi connectivity index (χ3v) is 4.05. The molecule has 0 radical (unpaired) electrons. The molecule has 0 aliphatic carbocycles. The quantitative estimate of drug-likeness (QED) is 0.776. The maximum atomic E-state index is 3.46. The Bertz CT molecular complexity index is 459. The Balaban J connectivity index is 2.10. The summed E-state index contributed by atoms with van der Waals surface area (Å²) in [6.07, 6.45) is 2.35. The molecule has 0 amide bonds. The lowest BCUT2D eigenvalue weighted by molar-refractivity contribution is 0.673. The normalized spacial score (nSPS) is 11.1. The van der Waals surface area contributed by atoms with Gasteiger partial charge in [0.25, 0.3) is 0 Å². The molecular weight excluding hydrogens is 214 g/mol. The molecule has 0 saturated heterocycles. The zero-order valence-electron chi connectivity index (χ0n) is 10.0. The SMILES string of the molecule is CCCNCCc1csc2c(C)cccc12. The second-order valence-electron chi connectivity index (χ2n) is 4.21. The van der Waals surface area contributed by atoms with Crippen LogP contribution in [-0.4, -0.2) is 13.1 Å². The van der Waals surface area contributed by atoms with Crippen molar-refractivity contribution in [1.29, 1.82) is 0 Å². The van der Waals surface area contributed by atoms with E-state index in [2.05, 4.69) is 42.7 Å². The van der Waals surface area contributed by atoms with Crippen LogP contribution in [0, 0.1) is 6.92 Å². The Kier molecular flexibility index (Phi) is 3.97. The van der Waals surface area contributed by atoms with E-state index in [1.54, 1.807) is 0 Å². The van der Waals surface area contributed by atoms with E-state index < -0.39 is 0 Å². The van der Waals surface area contributed by atoms with E-state index in [0.29, 0.717) is 0 Å². The van der Waals surface area contributed by atoms with E-state index in [1.807, 2.05) is 11.3 Å². The first kappa shape index (κ1) is 11.6. The minimum absolute atomic E-state index is 1.09. The Morgan fingerprint density at radius 2 is 2.12 bits per heavy atom. The smallest absolute Gasteiger partial charge is 0.0374 e. The summed E-state index contributed by atoms with van der Waals surface area (Å²) in [6.45, 7) is 6.61. The van der Waals surface area contributed by atoms with Crippen molar-refractivity contribution in [3.63, 3.8) is 0 Å². The fraction of sp³-hybridized carbons (Fsp3) is 0.429. The number of benzene rings is 1. The summed E-state index contributed by atoms with van der Waals surface area (Å²) >= 11 is 1.88. The first-order chi connectivity index (χ1) is 7.83. The van der Waals surface area contributed by atoms with E-state index >= 15 is 0 Å². The van der Waals surface area contributed by atoms with Crippen LogP contribution in [0.25, 0.3) is 10.1 Å². The van der Waals surface area contributed by atoms with Crippen LogP contribution in [0.1, 0.15) is 24.5 Å². The first-order valence-corrected chi connectivity index (χ1v) is 6.87. The van der Waals surface area contributed by atoms with E-state index in [0.717, 1.165) is 19.5 Å². The molecule has 2 rings (SSSR count). The topological polar surface area (TPSA) is 12.0 Å². The van der Waals surface area contributed by atoms with Crippen molar-refractivity contribution in [2.75, 3.05) is 13.1 Å². The Hall–Kier alpha value is -0.860. The number of nitrogens with one attached hydrogen (secondary N) is 1. The highest BCUT2D eigenvalue weighted by Gasteiger charge is 2.04. The Labute approximate surface area is 101 Å². The Morgan fingerprint density at radius 1 is 1.25 bits per heavy atom.